The van der Waals surface area contributed by atoms with E-state index in [1.54, 1.807) is 42.7 Å². The zero-order valence-electron chi connectivity index (χ0n) is 19.2. The van der Waals surface area contributed by atoms with Gasteiger partial charge in [-0.15, -0.1) is 0 Å². The Kier molecular flexibility index (Phi) is 6.54. The molecule has 0 N–H and O–H groups in total. The lowest BCUT2D eigenvalue weighted by atomic mass is 9.77. The van der Waals surface area contributed by atoms with Crippen LogP contribution in [-0.4, -0.2) is 42.7 Å². The summed E-state index contributed by atoms with van der Waals surface area (Å²) in [6, 6.07) is 4.09. The van der Waals surface area contributed by atoms with Crippen LogP contribution in [0.15, 0.2) is 12.1 Å². The minimum Gasteiger partial charge on any atom is -0.493 e. The molecular formula is C24H32O6. The SMILES string of the molecule is COc1cc2c(c(OC)c1OC)-c1c(cc(OC)c(OC)c1OC)C[C@@H](C)C(C)C2. The van der Waals surface area contributed by atoms with Crippen LogP contribution in [0, 0.1) is 11.8 Å². The lowest BCUT2D eigenvalue weighted by Crippen LogP contribution is -2.18. The van der Waals surface area contributed by atoms with Crippen LogP contribution in [0.2, 0.25) is 0 Å². The molecule has 2 aromatic rings. The molecule has 0 aromatic heterocycles. The second kappa shape index (κ2) is 8.94. The minimum atomic E-state index is 0.457. The van der Waals surface area contributed by atoms with Crippen LogP contribution in [0.1, 0.15) is 25.0 Å². The number of methoxy groups -OCH3 is 6. The van der Waals surface area contributed by atoms with Gasteiger partial charge in [0, 0.05) is 11.1 Å². The zero-order valence-corrected chi connectivity index (χ0v) is 19.2. The van der Waals surface area contributed by atoms with Gasteiger partial charge in [-0.1, -0.05) is 13.8 Å². The fourth-order valence-corrected chi connectivity index (χ4v) is 4.38. The summed E-state index contributed by atoms with van der Waals surface area (Å²) in [6.07, 6.45) is 1.76. The van der Waals surface area contributed by atoms with Gasteiger partial charge >= 0.3 is 0 Å². The lowest BCUT2D eigenvalue weighted by Gasteiger charge is -2.30. The number of ether oxygens (including phenoxy) is 6. The van der Waals surface area contributed by atoms with Gasteiger partial charge in [0.05, 0.1) is 42.7 Å². The molecule has 30 heavy (non-hydrogen) atoms. The molecule has 1 unspecified atom stereocenters. The molecule has 0 saturated carbocycles. The molecule has 0 heterocycles. The number of benzene rings is 2. The highest BCUT2D eigenvalue weighted by Gasteiger charge is 2.32. The van der Waals surface area contributed by atoms with Crippen molar-refractivity contribution in [1.82, 2.24) is 0 Å². The number of hydrogen-bond acceptors (Lipinski definition) is 6. The van der Waals surface area contributed by atoms with E-state index in [9.17, 15) is 0 Å². The predicted molar refractivity (Wildman–Crippen MR) is 117 cm³/mol. The van der Waals surface area contributed by atoms with Crippen LogP contribution >= 0.6 is 0 Å². The Morgan fingerprint density at radius 2 is 0.867 bits per heavy atom. The molecule has 0 spiro atoms. The normalized spacial score (nSPS) is 17.7. The second-order valence-corrected chi connectivity index (χ2v) is 7.72. The molecule has 0 amide bonds. The molecule has 3 rings (SSSR count). The van der Waals surface area contributed by atoms with Crippen LogP contribution in [0.4, 0.5) is 0 Å². The summed E-state index contributed by atoms with van der Waals surface area (Å²) in [5.41, 5.74) is 4.13. The molecule has 2 atom stereocenters. The summed E-state index contributed by atoms with van der Waals surface area (Å²) in [4.78, 5) is 0. The van der Waals surface area contributed by atoms with E-state index >= 15 is 0 Å². The molecule has 1 aliphatic rings. The van der Waals surface area contributed by atoms with Crippen LogP contribution in [0.5, 0.6) is 34.5 Å². The highest BCUT2D eigenvalue weighted by Crippen LogP contribution is 2.55. The molecule has 0 aliphatic heterocycles. The van der Waals surface area contributed by atoms with Gasteiger partial charge in [-0.25, -0.2) is 0 Å². The summed E-state index contributed by atoms with van der Waals surface area (Å²) in [5, 5.41) is 0. The maximum Gasteiger partial charge on any atom is 0.203 e. The quantitative estimate of drug-likeness (QED) is 0.676. The van der Waals surface area contributed by atoms with Crippen molar-refractivity contribution in [2.75, 3.05) is 42.7 Å². The van der Waals surface area contributed by atoms with Gasteiger partial charge < -0.3 is 28.4 Å². The summed E-state index contributed by atoms with van der Waals surface area (Å²) < 4.78 is 34.4. The van der Waals surface area contributed by atoms with Crippen molar-refractivity contribution < 1.29 is 28.4 Å². The third-order valence-electron chi connectivity index (χ3n) is 6.13. The van der Waals surface area contributed by atoms with Gasteiger partial charge in [-0.2, -0.15) is 0 Å². The molecule has 0 saturated heterocycles. The maximum atomic E-state index is 5.89. The number of rotatable bonds is 6. The van der Waals surface area contributed by atoms with E-state index in [0.717, 1.165) is 35.1 Å². The fraction of sp³-hybridized carbons (Fsp3) is 0.500. The van der Waals surface area contributed by atoms with E-state index in [-0.39, 0.29) is 0 Å². The van der Waals surface area contributed by atoms with E-state index in [4.69, 9.17) is 28.4 Å². The first-order valence-electron chi connectivity index (χ1n) is 10.1. The van der Waals surface area contributed by atoms with Crippen molar-refractivity contribution in [3.8, 4) is 45.6 Å². The van der Waals surface area contributed by atoms with Gasteiger partial charge in [0.1, 0.15) is 0 Å². The maximum absolute atomic E-state index is 5.89. The third-order valence-corrected chi connectivity index (χ3v) is 6.13. The van der Waals surface area contributed by atoms with Crippen molar-refractivity contribution in [3.05, 3.63) is 23.3 Å². The van der Waals surface area contributed by atoms with E-state index in [1.165, 1.54) is 0 Å². The Bertz CT molecular complexity index is 845. The molecule has 6 nitrogen and oxygen atoms in total. The Labute approximate surface area is 179 Å². The van der Waals surface area contributed by atoms with Gasteiger partial charge in [-0.3, -0.25) is 0 Å². The van der Waals surface area contributed by atoms with Gasteiger partial charge in [0.15, 0.2) is 23.0 Å². The first-order chi connectivity index (χ1) is 14.4. The minimum absolute atomic E-state index is 0.457. The van der Waals surface area contributed by atoms with E-state index in [2.05, 4.69) is 13.8 Å². The van der Waals surface area contributed by atoms with Crippen LogP contribution in [0.3, 0.4) is 0 Å². The van der Waals surface area contributed by atoms with E-state index in [0.29, 0.717) is 46.3 Å². The average molecular weight is 417 g/mol. The molecule has 6 heteroatoms. The van der Waals surface area contributed by atoms with E-state index in [1.807, 2.05) is 12.1 Å². The summed E-state index contributed by atoms with van der Waals surface area (Å²) in [6.45, 7) is 4.56. The zero-order chi connectivity index (χ0) is 22.0. The Morgan fingerprint density at radius 1 is 0.533 bits per heavy atom. The van der Waals surface area contributed by atoms with Crippen LogP contribution in [-0.2, 0) is 12.8 Å². The third kappa shape index (κ3) is 3.48. The molecule has 0 fully saturated rings. The highest BCUT2D eigenvalue weighted by atomic mass is 16.5. The fourth-order valence-electron chi connectivity index (χ4n) is 4.38. The van der Waals surface area contributed by atoms with Crippen molar-refractivity contribution in [1.29, 1.82) is 0 Å². The smallest absolute Gasteiger partial charge is 0.203 e. The van der Waals surface area contributed by atoms with Crippen LogP contribution in [0.25, 0.3) is 11.1 Å². The summed E-state index contributed by atoms with van der Waals surface area (Å²) in [7, 11) is 9.81. The predicted octanol–water partition coefficient (Wildman–Crippen LogP) is 4.78. The molecule has 0 radical (unpaired) electrons. The average Bonchev–Trinajstić information content (AvgIpc) is 2.76. The Hall–Kier alpha value is -2.76. The van der Waals surface area contributed by atoms with Gasteiger partial charge in [0.2, 0.25) is 11.5 Å². The van der Waals surface area contributed by atoms with Crippen molar-refractivity contribution in [2.24, 2.45) is 11.8 Å². The monoisotopic (exact) mass is 416 g/mol. The number of hydrogen-bond donors (Lipinski definition) is 0. The second-order valence-electron chi connectivity index (χ2n) is 7.72. The van der Waals surface area contributed by atoms with E-state index < -0.39 is 0 Å². The lowest BCUT2D eigenvalue weighted by molar-refractivity contribution is 0.318. The van der Waals surface area contributed by atoms with Crippen molar-refractivity contribution in [2.45, 2.75) is 26.7 Å². The highest BCUT2D eigenvalue weighted by molar-refractivity contribution is 5.88. The first-order valence-corrected chi connectivity index (χ1v) is 10.1. The number of fused-ring (bicyclic) bond motifs is 3. The van der Waals surface area contributed by atoms with Crippen LogP contribution < -0.4 is 28.4 Å². The molecule has 164 valence electrons. The molecule has 2 aromatic carbocycles. The Balaban J connectivity index is 2.51. The van der Waals surface area contributed by atoms with Crippen molar-refractivity contribution in [3.63, 3.8) is 0 Å². The largest absolute Gasteiger partial charge is 0.493 e. The molecule has 1 aliphatic carbocycles. The first kappa shape index (κ1) is 21.9. The van der Waals surface area contributed by atoms with Gasteiger partial charge in [0.25, 0.3) is 0 Å². The summed E-state index contributed by atoms with van der Waals surface area (Å²) in [5.74, 6) is 4.58. The Morgan fingerprint density at radius 3 is 1.13 bits per heavy atom. The standard InChI is InChI=1S/C24H32O6/c1-13-9-15-11-17(25-3)21(27-5)23(29-7)19(15)20-16(10-14(13)2)12-18(26-4)22(28-6)24(20)30-8/h11-14H,9-10H2,1-8H3/t13-,14?/m1/s1. The molecule has 0 bridgehead atoms. The van der Waals surface area contributed by atoms with Gasteiger partial charge in [-0.05, 0) is 47.9 Å². The topological polar surface area (TPSA) is 55.4 Å². The summed E-state index contributed by atoms with van der Waals surface area (Å²) >= 11 is 0. The van der Waals surface area contributed by atoms with Crippen molar-refractivity contribution >= 4 is 0 Å². The molecular weight excluding hydrogens is 384 g/mol.